The van der Waals surface area contributed by atoms with E-state index in [2.05, 4.69) is 12.1 Å². The monoisotopic (exact) mass is 415 g/mol. The second-order valence-corrected chi connectivity index (χ2v) is 7.35. The lowest BCUT2D eigenvalue weighted by Crippen LogP contribution is -2.24. The number of hydrogen-bond donors (Lipinski definition) is 1. The van der Waals surface area contributed by atoms with Gasteiger partial charge in [-0.2, -0.15) is 0 Å². The van der Waals surface area contributed by atoms with E-state index in [-0.39, 0.29) is 24.8 Å². The topological polar surface area (TPSA) is 70.8 Å². The summed E-state index contributed by atoms with van der Waals surface area (Å²) < 4.78 is 16.7. The van der Waals surface area contributed by atoms with Gasteiger partial charge in [0.1, 0.15) is 25.1 Å². The van der Waals surface area contributed by atoms with Gasteiger partial charge < -0.3 is 19.9 Å². The van der Waals surface area contributed by atoms with Gasteiger partial charge in [0.2, 0.25) is 0 Å². The molecule has 2 atom stereocenters. The lowest BCUT2D eigenvalue weighted by molar-refractivity contribution is -0.145. The van der Waals surface area contributed by atoms with E-state index in [4.69, 9.17) is 31.5 Å². The van der Waals surface area contributed by atoms with Crippen LogP contribution in [0.5, 0.6) is 5.75 Å². The molecule has 5 nitrogen and oxygen atoms in total. The third-order valence-corrected chi connectivity index (χ3v) is 5.01. The predicted octanol–water partition coefficient (Wildman–Crippen LogP) is 4.22. The Kier molecular flexibility index (Phi) is 7.69. The van der Waals surface area contributed by atoms with E-state index >= 15 is 0 Å². The molecule has 3 rings (SSSR count). The summed E-state index contributed by atoms with van der Waals surface area (Å²) in [5.74, 6) is 0.498. The van der Waals surface area contributed by atoms with Crippen LogP contribution in [0.1, 0.15) is 36.1 Å². The Morgan fingerprint density at radius 1 is 1.24 bits per heavy atom. The molecule has 0 saturated heterocycles. The van der Waals surface area contributed by atoms with Crippen molar-refractivity contribution in [3.63, 3.8) is 0 Å². The predicted molar refractivity (Wildman–Crippen MR) is 113 cm³/mol. The molecule has 1 heterocycles. The molecule has 2 aromatic rings. The largest absolute Gasteiger partial charge is 0.492 e. The van der Waals surface area contributed by atoms with Crippen LogP contribution >= 0.6 is 11.6 Å². The first-order chi connectivity index (χ1) is 14.0. The van der Waals surface area contributed by atoms with E-state index in [0.29, 0.717) is 19.6 Å². The quantitative estimate of drug-likeness (QED) is 0.516. The standard InChI is InChI=1S/C23H26ClNO4/c1-16(26)28-15-21-3-2-4-23(29-21)18-7-10-22(24)19(14-18)13-17-5-8-20(9-6-17)27-12-11-25/h2-3,5-10,14,21,23H,4,11-13,15,25H2,1H3/t21-,23+/m1/s1. The zero-order valence-electron chi connectivity index (χ0n) is 16.5. The highest BCUT2D eigenvalue weighted by molar-refractivity contribution is 6.31. The lowest BCUT2D eigenvalue weighted by atomic mass is 9.98. The third kappa shape index (κ3) is 6.32. The van der Waals surface area contributed by atoms with Crippen LogP contribution in [0.3, 0.4) is 0 Å². The Bertz CT molecular complexity index is 850. The van der Waals surface area contributed by atoms with Crippen LogP contribution in [0.2, 0.25) is 5.02 Å². The number of esters is 1. The minimum atomic E-state index is -0.308. The zero-order valence-corrected chi connectivity index (χ0v) is 17.2. The molecule has 2 N–H and O–H groups in total. The number of hydrogen-bond acceptors (Lipinski definition) is 5. The molecule has 0 unspecified atom stereocenters. The van der Waals surface area contributed by atoms with Crippen LogP contribution in [0.25, 0.3) is 0 Å². The molecule has 0 fully saturated rings. The molecule has 0 aromatic heterocycles. The number of carbonyl (C=O) groups excluding carboxylic acids is 1. The summed E-state index contributed by atoms with van der Waals surface area (Å²) in [6.45, 7) is 2.61. The molecular weight excluding hydrogens is 390 g/mol. The number of rotatable bonds is 8. The van der Waals surface area contributed by atoms with Gasteiger partial charge in [0.25, 0.3) is 0 Å². The molecule has 0 amide bonds. The Labute approximate surface area is 176 Å². The van der Waals surface area contributed by atoms with Gasteiger partial charge in [0.05, 0.1) is 6.10 Å². The number of carbonyl (C=O) groups is 1. The van der Waals surface area contributed by atoms with Gasteiger partial charge in [0.15, 0.2) is 0 Å². The van der Waals surface area contributed by atoms with Crippen molar-refractivity contribution in [3.05, 3.63) is 76.3 Å². The Morgan fingerprint density at radius 2 is 2.03 bits per heavy atom. The van der Waals surface area contributed by atoms with Crippen LogP contribution < -0.4 is 10.5 Å². The van der Waals surface area contributed by atoms with E-state index in [0.717, 1.165) is 33.9 Å². The molecule has 0 saturated carbocycles. The molecule has 0 spiro atoms. The normalized spacial score (nSPS) is 18.4. The lowest BCUT2D eigenvalue weighted by Gasteiger charge is -2.26. The molecule has 1 aliphatic rings. The highest BCUT2D eigenvalue weighted by Crippen LogP contribution is 2.31. The van der Waals surface area contributed by atoms with E-state index in [1.165, 1.54) is 6.92 Å². The fourth-order valence-electron chi connectivity index (χ4n) is 3.21. The summed E-state index contributed by atoms with van der Waals surface area (Å²) in [4.78, 5) is 11.0. The number of halogens is 1. The number of nitrogens with two attached hydrogens (primary N) is 1. The maximum absolute atomic E-state index is 11.0. The Morgan fingerprint density at radius 3 is 2.76 bits per heavy atom. The molecule has 2 aromatic carbocycles. The molecule has 0 bridgehead atoms. The minimum Gasteiger partial charge on any atom is -0.492 e. The van der Waals surface area contributed by atoms with Gasteiger partial charge in [-0.15, -0.1) is 0 Å². The SMILES string of the molecule is CC(=O)OC[C@H]1C=CC[C@@H](c2ccc(Cl)c(Cc3ccc(OCCN)cc3)c2)O1. The van der Waals surface area contributed by atoms with Crippen molar-refractivity contribution in [1.29, 1.82) is 0 Å². The summed E-state index contributed by atoms with van der Waals surface area (Å²) in [5.41, 5.74) is 8.70. The van der Waals surface area contributed by atoms with E-state index in [1.54, 1.807) is 0 Å². The minimum absolute atomic E-state index is 0.0939. The van der Waals surface area contributed by atoms with E-state index < -0.39 is 0 Å². The maximum Gasteiger partial charge on any atom is 0.302 e. The van der Waals surface area contributed by atoms with Crippen LogP contribution in [-0.2, 0) is 20.7 Å². The van der Waals surface area contributed by atoms with Gasteiger partial charge in [-0.25, -0.2) is 0 Å². The van der Waals surface area contributed by atoms with Crippen LogP contribution in [-0.4, -0.2) is 31.8 Å². The summed E-state index contributed by atoms with van der Waals surface area (Å²) >= 11 is 6.45. The summed E-state index contributed by atoms with van der Waals surface area (Å²) in [6.07, 6.45) is 5.15. The summed E-state index contributed by atoms with van der Waals surface area (Å²) in [5, 5.41) is 0.722. The molecule has 0 radical (unpaired) electrons. The maximum atomic E-state index is 11.0. The summed E-state index contributed by atoms with van der Waals surface area (Å²) in [6, 6.07) is 13.9. The second-order valence-electron chi connectivity index (χ2n) is 6.94. The van der Waals surface area contributed by atoms with Gasteiger partial charge >= 0.3 is 5.97 Å². The van der Waals surface area contributed by atoms with Crippen molar-refractivity contribution >= 4 is 17.6 Å². The summed E-state index contributed by atoms with van der Waals surface area (Å²) in [7, 11) is 0. The van der Waals surface area contributed by atoms with Crippen LogP contribution in [0.4, 0.5) is 0 Å². The molecule has 1 aliphatic heterocycles. The number of benzene rings is 2. The van der Waals surface area contributed by atoms with Crippen LogP contribution in [0, 0.1) is 0 Å². The Balaban J connectivity index is 1.68. The first kappa shape index (κ1) is 21.4. The fourth-order valence-corrected chi connectivity index (χ4v) is 3.39. The van der Waals surface area contributed by atoms with Gasteiger partial charge in [0, 0.05) is 18.5 Å². The third-order valence-electron chi connectivity index (χ3n) is 4.64. The molecule has 29 heavy (non-hydrogen) atoms. The van der Waals surface area contributed by atoms with Gasteiger partial charge in [-0.3, -0.25) is 4.79 Å². The second kappa shape index (κ2) is 10.4. The Hall–Kier alpha value is -2.34. The average Bonchev–Trinajstić information content (AvgIpc) is 2.73. The highest BCUT2D eigenvalue weighted by Gasteiger charge is 2.21. The molecule has 6 heteroatoms. The first-order valence-corrected chi connectivity index (χ1v) is 10.1. The first-order valence-electron chi connectivity index (χ1n) is 9.70. The van der Waals surface area contributed by atoms with Crippen molar-refractivity contribution in [2.24, 2.45) is 5.73 Å². The van der Waals surface area contributed by atoms with Crippen molar-refractivity contribution < 1.29 is 19.0 Å². The molecular formula is C23H26ClNO4. The number of ether oxygens (including phenoxy) is 3. The van der Waals surface area contributed by atoms with Crippen molar-refractivity contribution in [2.75, 3.05) is 19.8 Å². The van der Waals surface area contributed by atoms with Gasteiger partial charge in [-0.1, -0.05) is 48.0 Å². The zero-order chi connectivity index (χ0) is 20.6. The highest BCUT2D eigenvalue weighted by atomic mass is 35.5. The molecule has 0 aliphatic carbocycles. The smallest absolute Gasteiger partial charge is 0.302 e. The van der Waals surface area contributed by atoms with Gasteiger partial charge in [-0.05, 0) is 47.7 Å². The van der Waals surface area contributed by atoms with Crippen LogP contribution in [0.15, 0.2) is 54.6 Å². The van der Waals surface area contributed by atoms with E-state index in [1.807, 2.05) is 42.5 Å². The van der Waals surface area contributed by atoms with E-state index in [9.17, 15) is 4.79 Å². The average molecular weight is 416 g/mol. The fraction of sp³-hybridized carbons (Fsp3) is 0.348. The van der Waals surface area contributed by atoms with Crippen molar-refractivity contribution in [1.82, 2.24) is 0 Å². The van der Waals surface area contributed by atoms with Crippen molar-refractivity contribution in [3.8, 4) is 5.75 Å². The van der Waals surface area contributed by atoms with Crippen molar-refractivity contribution in [2.45, 2.75) is 32.0 Å². The molecule has 154 valence electrons.